The summed E-state index contributed by atoms with van der Waals surface area (Å²) in [6, 6.07) is 135. The van der Waals surface area contributed by atoms with Gasteiger partial charge in [0.15, 0.2) is 34.9 Å². The molecule has 7 heterocycles. The molecule has 5 aromatic heterocycles. The topological polar surface area (TPSA) is 135 Å². The molecule has 0 atom stereocenters. The van der Waals surface area contributed by atoms with Crippen LogP contribution in [0.25, 0.3) is 190 Å². The monoisotopic (exact) mass is 1580 g/mol. The Kier molecular flexibility index (Phi) is 16.3. The number of rotatable bonds is 10. The van der Waals surface area contributed by atoms with E-state index in [0.717, 1.165) is 178 Å². The first-order valence-electron chi connectivity index (χ1n) is 41.4. The zero-order valence-corrected chi connectivity index (χ0v) is 66.7. The van der Waals surface area contributed by atoms with Crippen LogP contribution in [0.1, 0.15) is 47.2 Å². The van der Waals surface area contributed by atoms with Gasteiger partial charge >= 0.3 is 0 Å². The van der Waals surface area contributed by atoms with E-state index in [0.29, 0.717) is 34.9 Å². The third kappa shape index (κ3) is 11.9. The number of nitrogens with zero attached hydrogens (tertiary/aromatic N) is 6. The summed E-state index contributed by atoms with van der Waals surface area (Å²) >= 11 is 0. The minimum atomic E-state index is -0.496. The minimum absolute atomic E-state index is 0.169. The minimum Gasteiger partial charge on any atom is -0.457 e. The first-order valence-corrected chi connectivity index (χ1v) is 41.4. The van der Waals surface area contributed by atoms with E-state index in [1.165, 1.54) is 33.4 Å². The van der Waals surface area contributed by atoms with Crippen molar-refractivity contribution >= 4 is 65.8 Å². The number of benzene rings is 17. The van der Waals surface area contributed by atoms with Gasteiger partial charge in [-0.05, 0) is 170 Å². The van der Waals surface area contributed by atoms with Gasteiger partial charge in [0.1, 0.15) is 56.5 Å². The second-order valence-corrected chi connectivity index (χ2v) is 32.3. The highest BCUT2D eigenvalue weighted by molar-refractivity contribution is 6.09. The molecule has 1 spiro atoms. The smallest absolute Gasteiger partial charge is 0.164 e. The van der Waals surface area contributed by atoms with Crippen molar-refractivity contribution in [2.24, 2.45) is 0 Å². The number of fused-ring (bicyclic) bond motifs is 20. The summed E-state index contributed by atoms with van der Waals surface area (Å²) in [5, 5.41) is 6.26. The lowest BCUT2D eigenvalue weighted by Crippen LogP contribution is -2.32. The summed E-state index contributed by atoms with van der Waals surface area (Å²) in [7, 11) is 0. The standard InChI is InChI=1S/C58H35N3O2.C54H35N3O3/c1-3-14-36(15-4-1)38-18-13-19-41(32-38)56-59-55(37-16-5-2-6-17-37)60-57(61-56)42-27-30-46-45-29-26-39(33-52(45)63-53(46)35-42)40-28-31-50-54(34-40)62-51-25-12-11-24-49(51)58(50)47-22-9-7-20-43(47)44-21-8-10-23-48(44)58;1-54(2)43-16-7-9-18-46(43)59-50-29-35(22-26-44(50)54)34-19-23-41-42-25-21-38(31-49(42)60-47(41)28-34)53-56-51(36-14-10-13-33(27-36)32-11-4-3-5-12-32)55-52(57-53)37-20-24-40-39-15-6-8-17-45(39)58-48(40)30-37/h1-35H;3-31H,1-2H3. The number of hydrogen-bond donors (Lipinski definition) is 0. The Labute approximate surface area is 707 Å². The fourth-order valence-corrected chi connectivity index (χ4v) is 18.8. The lowest BCUT2D eigenvalue weighted by Gasteiger charge is -2.39. The van der Waals surface area contributed by atoms with E-state index < -0.39 is 5.41 Å². The molecule has 0 bridgehead atoms. The lowest BCUT2D eigenvalue weighted by atomic mass is 9.66. The van der Waals surface area contributed by atoms with Crippen LogP contribution < -0.4 is 9.47 Å². The highest BCUT2D eigenvalue weighted by Crippen LogP contribution is 2.63. The largest absolute Gasteiger partial charge is 0.457 e. The van der Waals surface area contributed by atoms with E-state index in [2.05, 4.69) is 287 Å². The van der Waals surface area contributed by atoms with Crippen LogP contribution in [0.5, 0.6) is 23.0 Å². The number of hydrogen-bond acceptors (Lipinski definition) is 11. The first kappa shape index (κ1) is 70.9. The molecule has 0 unspecified atom stereocenters. The predicted molar refractivity (Wildman–Crippen MR) is 492 cm³/mol. The van der Waals surface area contributed by atoms with Crippen LogP contribution in [0.15, 0.2) is 401 Å². The van der Waals surface area contributed by atoms with Crippen LogP contribution in [-0.2, 0) is 10.8 Å². The zero-order valence-electron chi connectivity index (χ0n) is 66.7. The summed E-state index contributed by atoms with van der Waals surface area (Å²) < 4.78 is 32.8. The highest BCUT2D eigenvalue weighted by atomic mass is 16.5. The third-order valence-corrected chi connectivity index (χ3v) is 24.8. The van der Waals surface area contributed by atoms with Crippen LogP contribution in [0.2, 0.25) is 0 Å². The Bertz CT molecular complexity index is 8020. The van der Waals surface area contributed by atoms with E-state index in [9.17, 15) is 0 Å². The molecule has 1 aliphatic carbocycles. The van der Waals surface area contributed by atoms with E-state index in [4.69, 9.17) is 52.6 Å². The molecule has 2 aliphatic heterocycles. The van der Waals surface area contributed by atoms with Gasteiger partial charge in [-0.1, -0.05) is 299 Å². The molecule has 0 saturated carbocycles. The fourth-order valence-electron chi connectivity index (χ4n) is 18.8. The van der Waals surface area contributed by atoms with E-state index in [-0.39, 0.29) is 5.41 Å². The molecular formula is C112H70N6O5. The molecule has 22 aromatic rings. The summed E-state index contributed by atoms with van der Waals surface area (Å²) in [5.41, 5.74) is 27.7. The molecule has 123 heavy (non-hydrogen) atoms. The number of aromatic nitrogens is 6. The van der Waals surface area contributed by atoms with Crippen LogP contribution >= 0.6 is 0 Å². The van der Waals surface area contributed by atoms with Gasteiger partial charge in [0.25, 0.3) is 0 Å². The third-order valence-electron chi connectivity index (χ3n) is 24.8. The summed E-state index contributed by atoms with van der Waals surface area (Å²) in [6.45, 7) is 4.51. The molecule has 3 aliphatic rings. The van der Waals surface area contributed by atoms with Gasteiger partial charge in [-0.2, -0.15) is 0 Å². The Morgan fingerprint density at radius 2 is 0.455 bits per heavy atom. The quantitative estimate of drug-likeness (QED) is 0.129. The maximum Gasteiger partial charge on any atom is 0.164 e. The van der Waals surface area contributed by atoms with Crippen molar-refractivity contribution < 1.29 is 22.7 Å². The molecule has 0 amide bonds. The molecular weight excluding hydrogens is 1510 g/mol. The lowest BCUT2D eigenvalue weighted by molar-refractivity contribution is 0.418. The maximum atomic E-state index is 6.81. The van der Waals surface area contributed by atoms with Crippen molar-refractivity contribution in [1.29, 1.82) is 0 Å². The number of furan rings is 3. The fraction of sp³-hybridized carbons (Fsp3) is 0.0357. The van der Waals surface area contributed by atoms with E-state index in [1.807, 2.05) is 115 Å². The van der Waals surface area contributed by atoms with Crippen LogP contribution in [0, 0.1) is 0 Å². The summed E-state index contributed by atoms with van der Waals surface area (Å²) in [4.78, 5) is 30.4. The van der Waals surface area contributed by atoms with Gasteiger partial charge in [0, 0.05) is 93.4 Å². The van der Waals surface area contributed by atoms with Gasteiger partial charge in [0.05, 0.1) is 5.41 Å². The van der Waals surface area contributed by atoms with Gasteiger partial charge in [-0.3, -0.25) is 0 Å². The molecule has 11 nitrogen and oxygen atoms in total. The molecule has 17 aromatic carbocycles. The summed E-state index contributed by atoms with van der Waals surface area (Å²) in [5.74, 6) is 6.98. The molecule has 0 fully saturated rings. The predicted octanol–water partition coefficient (Wildman–Crippen LogP) is 29.0. The zero-order chi connectivity index (χ0) is 81.4. The molecule has 11 heteroatoms. The average molecular weight is 1580 g/mol. The average Bonchev–Trinajstić information content (AvgIpc) is 1.52. The first-order chi connectivity index (χ1) is 60.6. The van der Waals surface area contributed by atoms with Gasteiger partial charge in [-0.25, -0.2) is 29.9 Å². The Hall–Kier alpha value is -16.2. The van der Waals surface area contributed by atoms with Gasteiger partial charge in [-0.15, -0.1) is 0 Å². The van der Waals surface area contributed by atoms with Crippen molar-refractivity contribution in [3.8, 4) is 147 Å². The van der Waals surface area contributed by atoms with Crippen LogP contribution in [0.3, 0.4) is 0 Å². The second kappa shape index (κ2) is 28.2. The van der Waals surface area contributed by atoms with Gasteiger partial charge in [0.2, 0.25) is 0 Å². The Balaban J connectivity index is 0.000000139. The van der Waals surface area contributed by atoms with Crippen LogP contribution in [-0.4, -0.2) is 29.9 Å². The van der Waals surface area contributed by atoms with Crippen molar-refractivity contribution in [1.82, 2.24) is 29.9 Å². The van der Waals surface area contributed by atoms with Crippen LogP contribution in [0.4, 0.5) is 0 Å². The molecule has 578 valence electrons. The molecule has 0 radical (unpaired) electrons. The van der Waals surface area contributed by atoms with Gasteiger partial charge < -0.3 is 22.7 Å². The number of para-hydroxylation sites is 3. The van der Waals surface area contributed by atoms with Crippen molar-refractivity contribution in [2.45, 2.75) is 24.7 Å². The normalized spacial score (nSPS) is 13.1. The van der Waals surface area contributed by atoms with Crippen molar-refractivity contribution in [2.75, 3.05) is 0 Å². The number of ether oxygens (including phenoxy) is 2. The molecule has 0 saturated heterocycles. The van der Waals surface area contributed by atoms with Crippen molar-refractivity contribution in [3.63, 3.8) is 0 Å². The highest BCUT2D eigenvalue weighted by Gasteiger charge is 2.51. The second-order valence-electron chi connectivity index (χ2n) is 32.3. The Morgan fingerprint density at radius 3 is 0.927 bits per heavy atom. The SMILES string of the molecule is CC1(C)c2ccccc2Oc2cc(-c3ccc4c(c3)oc3cc(-c5nc(-c6cccc(-c7ccccc7)c6)nc(-c6ccc7c(c6)oc6ccccc67)n5)ccc34)ccc21.c1ccc(-c2cccc(-c3nc(-c4ccccc4)nc(-c4ccc5c(c4)oc4cc(-c6ccc7c(c6)Oc6ccccc6C76c7ccccc7-c7ccccc76)ccc45)n3)c2)cc1. The van der Waals surface area contributed by atoms with E-state index in [1.54, 1.807) is 0 Å². The molecule has 0 N–H and O–H groups in total. The van der Waals surface area contributed by atoms with Crippen molar-refractivity contribution in [3.05, 3.63) is 422 Å². The maximum absolute atomic E-state index is 6.81. The summed E-state index contributed by atoms with van der Waals surface area (Å²) in [6.07, 6.45) is 0. The van der Waals surface area contributed by atoms with E-state index >= 15 is 0 Å². The molecule has 25 rings (SSSR count). The Morgan fingerprint density at radius 1 is 0.179 bits per heavy atom.